The van der Waals surface area contributed by atoms with Crippen LogP contribution in [0.3, 0.4) is 0 Å². The van der Waals surface area contributed by atoms with Crippen LogP contribution in [-0.4, -0.2) is 105 Å². The van der Waals surface area contributed by atoms with E-state index in [0.29, 0.717) is 37.2 Å². The van der Waals surface area contributed by atoms with Crippen LogP contribution in [0, 0.1) is 11.6 Å². The maximum absolute atomic E-state index is 14.0. The number of ether oxygens (including phenoxy) is 2. The number of hydrogen-bond donors (Lipinski definition) is 5. The van der Waals surface area contributed by atoms with Crippen molar-refractivity contribution in [2.24, 2.45) is 0 Å². The quantitative estimate of drug-likeness (QED) is 0.139. The summed E-state index contributed by atoms with van der Waals surface area (Å²) in [5, 5.41) is 52.7. The molecule has 5 heterocycles. The van der Waals surface area contributed by atoms with Crippen molar-refractivity contribution in [1.82, 2.24) is 45.0 Å². The number of aryl methyl sites for hydroxylation is 1. The van der Waals surface area contributed by atoms with Crippen LogP contribution in [0.1, 0.15) is 63.4 Å². The maximum Gasteiger partial charge on any atom is 0.407 e. The molecule has 3 aromatic heterocycles. The molecule has 0 spiro atoms. The fourth-order valence-electron chi connectivity index (χ4n) is 6.53. The van der Waals surface area contributed by atoms with Crippen molar-refractivity contribution in [3.05, 3.63) is 83.4 Å². The third-order valence-electron chi connectivity index (χ3n) is 9.27. The number of carbonyl (C=O) groups is 1. The van der Waals surface area contributed by atoms with Crippen LogP contribution in [0.5, 0.6) is 0 Å². The van der Waals surface area contributed by atoms with Gasteiger partial charge in [0, 0.05) is 13.1 Å². The fourth-order valence-corrected chi connectivity index (χ4v) is 6.53. The number of alkyl carbamates (subject to hydrolysis) is 1. The van der Waals surface area contributed by atoms with Gasteiger partial charge in [-0.05, 0) is 74.7 Å². The molecule has 2 aliphatic rings. The lowest BCUT2D eigenvalue weighted by Gasteiger charge is -2.30. The maximum atomic E-state index is 14.0. The minimum atomic E-state index is -1.80. The Labute approximate surface area is 308 Å². The van der Waals surface area contributed by atoms with Crippen LogP contribution in [0.4, 0.5) is 25.3 Å². The molecule has 2 saturated heterocycles. The molecule has 0 aliphatic carbocycles. The highest BCUT2D eigenvalue weighted by Crippen LogP contribution is 2.40. The number of rotatable bonds is 10. The molecule has 17 nitrogen and oxygen atoms in total. The molecule has 5 N–H and O–H groups in total. The summed E-state index contributed by atoms with van der Waals surface area (Å²) in [4.78, 5) is 29.9. The molecular weight excluding hydrogens is 708 g/mol. The molecule has 5 atom stereocenters. The predicted molar refractivity (Wildman–Crippen MR) is 188 cm³/mol. The van der Waals surface area contributed by atoms with E-state index in [2.05, 4.69) is 31.0 Å². The van der Waals surface area contributed by atoms with Crippen LogP contribution in [0.25, 0.3) is 11.2 Å². The number of nitrogens with zero attached hydrogens (tertiary/aromatic N) is 9. The van der Waals surface area contributed by atoms with Gasteiger partial charge in [0.2, 0.25) is 11.8 Å². The van der Waals surface area contributed by atoms with Gasteiger partial charge < -0.3 is 40.3 Å². The Morgan fingerprint density at radius 1 is 1.02 bits per heavy atom. The van der Waals surface area contributed by atoms with Gasteiger partial charge in [-0.3, -0.25) is 4.57 Å². The Hall–Kier alpha value is -5.37. The van der Waals surface area contributed by atoms with Crippen molar-refractivity contribution >= 4 is 29.0 Å². The number of fused-ring (bicyclic) bond motifs is 1. The van der Waals surface area contributed by atoms with Crippen LogP contribution >= 0.6 is 0 Å². The zero-order valence-electron chi connectivity index (χ0n) is 30.0. The van der Waals surface area contributed by atoms with Gasteiger partial charge in [0.05, 0.1) is 25.5 Å². The van der Waals surface area contributed by atoms with Gasteiger partial charge in [-0.15, -0.1) is 10.2 Å². The number of aliphatic hydroxyl groups excluding tert-OH is 2. The van der Waals surface area contributed by atoms with Crippen molar-refractivity contribution in [3.8, 4) is 0 Å². The van der Waals surface area contributed by atoms with Gasteiger partial charge in [0.15, 0.2) is 29.3 Å². The van der Waals surface area contributed by atoms with Gasteiger partial charge in [0.25, 0.3) is 0 Å². The number of nitrogens with one attached hydrogen (secondary N) is 2. The van der Waals surface area contributed by atoms with Crippen molar-refractivity contribution in [1.29, 1.82) is 0 Å². The second kappa shape index (κ2) is 14.5. The van der Waals surface area contributed by atoms with E-state index >= 15 is 0 Å². The lowest BCUT2D eigenvalue weighted by Crippen LogP contribution is -2.40. The van der Waals surface area contributed by atoms with Crippen LogP contribution in [-0.2, 0) is 21.6 Å². The number of halogens is 2. The summed E-state index contributed by atoms with van der Waals surface area (Å²) >= 11 is 0. The number of aromatic nitrogens is 8. The molecule has 2 fully saturated rings. The largest absolute Gasteiger partial charge is 0.444 e. The Kier molecular flexibility index (Phi) is 9.90. The van der Waals surface area contributed by atoms with Crippen molar-refractivity contribution in [3.63, 3.8) is 0 Å². The minimum absolute atomic E-state index is 0.0921. The minimum Gasteiger partial charge on any atom is -0.444 e. The van der Waals surface area contributed by atoms with E-state index in [9.17, 15) is 28.9 Å². The van der Waals surface area contributed by atoms with Gasteiger partial charge in [-0.25, -0.2) is 18.6 Å². The number of tetrazole rings is 1. The number of aliphatic hydroxyl groups is 3. The molecule has 286 valence electrons. The van der Waals surface area contributed by atoms with E-state index < -0.39 is 53.5 Å². The predicted octanol–water partition coefficient (Wildman–Crippen LogP) is 2.55. The Bertz CT molecular complexity index is 2060. The average Bonchev–Trinajstić information content (AvgIpc) is 3.94. The van der Waals surface area contributed by atoms with E-state index in [0.717, 1.165) is 0 Å². The smallest absolute Gasteiger partial charge is 0.407 e. The summed E-state index contributed by atoms with van der Waals surface area (Å²) in [5.74, 6) is -0.503. The lowest BCUT2D eigenvalue weighted by atomic mass is 9.86. The summed E-state index contributed by atoms with van der Waals surface area (Å²) in [5.41, 5.74) is -1.40. The highest BCUT2D eigenvalue weighted by atomic mass is 19.1. The first-order valence-electron chi connectivity index (χ1n) is 17.5. The number of amides is 1. The molecule has 0 bridgehead atoms. The molecule has 19 heteroatoms. The van der Waals surface area contributed by atoms with Crippen LogP contribution < -0.4 is 15.5 Å². The van der Waals surface area contributed by atoms with Gasteiger partial charge in [0.1, 0.15) is 35.0 Å². The number of anilines is 2. The summed E-state index contributed by atoms with van der Waals surface area (Å²) in [7, 11) is 0. The first-order chi connectivity index (χ1) is 25.7. The van der Waals surface area contributed by atoms with E-state index in [1.165, 1.54) is 64.2 Å². The molecule has 2 aliphatic heterocycles. The monoisotopic (exact) mass is 749 g/mol. The van der Waals surface area contributed by atoms with Crippen LogP contribution in [0.15, 0.2) is 54.9 Å². The van der Waals surface area contributed by atoms with Gasteiger partial charge >= 0.3 is 6.09 Å². The first-order valence-corrected chi connectivity index (χ1v) is 17.5. The van der Waals surface area contributed by atoms with Gasteiger partial charge in [-0.2, -0.15) is 14.8 Å². The number of imidazole rings is 1. The SMILES string of the molecule is CCn1nnc([C@H]2O[C@@H](n3cnc4c(NCC(O)(c5ccc(F)cc5)c5ccc(F)cc5)nc(N5CC[C@@H](NC(=O)OC(C)(C)C)C5)nc43)[C@@H](O)[C@@H]2O)n1. The highest BCUT2D eigenvalue weighted by Gasteiger charge is 2.47. The molecular formula is C35H41F2N11O6. The summed E-state index contributed by atoms with van der Waals surface area (Å²) < 4.78 is 41.0. The Morgan fingerprint density at radius 2 is 1.69 bits per heavy atom. The van der Waals surface area contributed by atoms with Crippen molar-refractivity contribution in [2.45, 2.75) is 82.4 Å². The third-order valence-corrected chi connectivity index (χ3v) is 9.27. The molecule has 0 unspecified atom stereocenters. The summed E-state index contributed by atoms with van der Waals surface area (Å²) in [6, 6.07) is 10.3. The number of carbonyl (C=O) groups excluding carboxylic acids is 1. The van der Waals surface area contributed by atoms with E-state index in [1.807, 2.05) is 11.8 Å². The van der Waals surface area contributed by atoms with Crippen molar-refractivity contribution < 1.29 is 38.4 Å². The Morgan fingerprint density at radius 3 is 2.30 bits per heavy atom. The highest BCUT2D eigenvalue weighted by molar-refractivity contribution is 5.84. The topological polar surface area (TPSA) is 211 Å². The average molecular weight is 750 g/mol. The van der Waals surface area contributed by atoms with E-state index in [-0.39, 0.29) is 41.3 Å². The van der Waals surface area contributed by atoms with Crippen LogP contribution in [0.2, 0.25) is 0 Å². The second-order valence-corrected chi connectivity index (χ2v) is 14.3. The molecule has 5 aromatic rings. The summed E-state index contributed by atoms with van der Waals surface area (Å²) in [6.07, 6.45) is -3.78. The molecule has 1 amide bonds. The third kappa shape index (κ3) is 7.39. The lowest BCUT2D eigenvalue weighted by molar-refractivity contribution is -0.0384. The number of hydrogen-bond acceptors (Lipinski definition) is 14. The van der Waals surface area contributed by atoms with Gasteiger partial charge in [-0.1, -0.05) is 24.3 Å². The van der Waals surface area contributed by atoms with E-state index in [1.54, 1.807) is 20.8 Å². The molecule has 2 aromatic carbocycles. The summed E-state index contributed by atoms with van der Waals surface area (Å²) in [6.45, 7) is 8.15. The first kappa shape index (κ1) is 37.0. The molecule has 54 heavy (non-hydrogen) atoms. The fraction of sp³-hybridized carbons (Fsp3) is 0.457. The zero-order chi connectivity index (χ0) is 38.4. The molecule has 0 radical (unpaired) electrons. The molecule has 0 saturated carbocycles. The zero-order valence-corrected chi connectivity index (χ0v) is 30.0. The van der Waals surface area contributed by atoms with E-state index in [4.69, 9.17) is 19.4 Å². The standard InChI is InChI=1S/C35H41F2N11O6/c1-5-48-44-29(43-45-48)27-25(49)26(50)31(53-27)47-18-39-24-28(38-17-35(52,19-6-10-21(36)11-7-19)20-8-12-22(37)13-9-20)41-32(42-30(24)47)46-15-14-23(16-46)40-33(51)54-34(2,3)4/h6-13,18,23,25-27,31,49-50,52H,5,14-17H2,1-4H3,(H,40,51)(H,38,41,42)/t23-,25+,26+,27+,31-/m1/s1. The van der Waals surface area contributed by atoms with Crippen molar-refractivity contribution in [2.75, 3.05) is 29.9 Å². The number of benzene rings is 2. The normalized spacial score (nSPS) is 21.9. The second-order valence-electron chi connectivity index (χ2n) is 14.3. The Balaban J connectivity index is 1.25. The molecule has 7 rings (SSSR count).